The number of amides is 1. The van der Waals surface area contributed by atoms with E-state index in [9.17, 15) is 9.18 Å². The first-order valence-corrected chi connectivity index (χ1v) is 13.1. The second-order valence-electron chi connectivity index (χ2n) is 9.85. The lowest BCUT2D eigenvalue weighted by Crippen LogP contribution is -2.36. The van der Waals surface area contributed by atoms with Crippen LogP contribution in [0.1, 0.15) is 40.9 Å². The lowest BCUT2D eigenvalue weighted by atomic mass is 9.90. The van der Waals surface area contributed by atoms with Crippen molar-refractivity contribution in [2.75, 3.05) is 26.2 Å². The SMILES string of the molecule is Cc1nn(-c2ccc(F)cc2)c(-n2cccc2)c1C(=O)NCCCN1CCC(Cc2ccccc2)CC1. The lowest BCUT2D eigenvalue weighted by molar-refractivity contribution is 0.0950. The number of piperidine rings is 1. The molecule has 2 aromatic heterocycles. The number of hydrogen-bond donors (Lipinski definition) is 1. The van der Waals surface area contributed by atoms with Gasteiger partial charge in [0.2, 0.25) is 0 Å². The van der Waals surface area contributed by atoms with E-state index in [1.165, 1.54) is 37.0 Å². The van der Waals surface area contributed by atoms with Crippen molar-refractivity contribution in [2.45, 2.75) is 32.6 Å². The first-order valence-electron chi connectivity index (χ1n) is 13.1. The van der Waals surface area contributed by atoms with Crippen molar-refractivity contribution in [3.63, 3.8) is 0 Å². The number of carbonyl (C=O) groups excluding carboxylic acids is 1. The molecule has 6 nitrogen and oxygen atoms in total. The molecule has 0 bridgehead atoms. The highest BCUT2D eigenvalue weighted by Gasteiger charge is 2.24. The Kier molecular flexibility index (Phi) is 7.80. The minimum absolute atomic E-state index is 0.142. The summed E-state index contributed by atoms with van der Waals surface area (Å²) in [5, 5.41) is 7.74. The fraction of sp³-hybridized carbons (Fsp3) is 0.333. The summed E-state index contributed by atoms with van der Waals surface area (Å²) in [6.07, 6.45) is 8.29. The van der Waals surface area contributed by atoms with E-state index < -0.39 is 0 Å². The molecular weight excluding hydrogens is 465 g/mol. The van der Waals surface area contributed by atoms with Gasteiger partial charge in [-0.3, -0.25) is 4.79 Å². The van der Waals surface area contributed by atoms with Gasteiger partial charge in [-0.25, -0.2) is 9.07 Å². The third-order valence-electron chi connectivity index (χ3n) is 7.19. The van der Waals surface area contributed by atoms with Crippen LogP contribution < -0.4 is 5.32 Å². The van der Waals surface area contributed by atoms with Crippen molar-refractivity contribution in [3.05, 3.63) is 102 Å². The van der Waals surface area contributed by atoms with Gasteiger partial charge in [0, 0.05) is 18.9 Å². The summed E-state index contributed by atoms with van der Waals surface area (Å²) in [6, 6.07) is 20.7. The predicted molar refractivity (Wildman–Crippen MR) is 144 cm³/mol. The molecule has 1 saturated heterocycles. The molecule has 1 N–H and O–H groups in total. The summed E-state index contributed by atoms with van der Waals surface area (Å²) in [6.45, 7) is 5.66. The van der Waals surface area contributed by atoms with Crippen LogP contribution in [-0.4, -0.2) is 51.3 Å². The van der Waals surface area contributed by atoms with Gasteiger partial charge in [-0.2, -0.15) is 5.10 Å². The highest BCUT2D eigenvalue weighted by Crippen LogP contribution is 2.24. The molecule has 0 spiro atoms. The topological polar surface area (TPSA) is 55.1 Å². The van der Waals surface area contributed by atoms with Gasteiger partial charge in [-0.1, -0.05) is 30.3 Å². The van der Waals surface area contributed by atoms with Crippen LogP contribution in [0.4, 0.5) is 4.39 Å². The van der Waals surface area contributed by atoms with Crippen molar-refractivity contribution in [1.29, 1.82) is 0 Å². The van der Waals surface area contributed by atoms with Gasteiger partial charge in [-0.05, 0) is 100 Å². The Morgan fingerprint density at radius 3 is 2.41 bits per heavy atom. The van der Waals surface area contributed by atoms with Crippen LogP contribution in [-0.2, 0) is 6.42 Å². The van der Waals surface area contributed by atoms with E-state index in [-0.39, 0.29) is 11.7 Å². The van der Waals surface area contributed by atoms with E-state index >= 15 is 0 Å². The summed E-state index contributed by atoms with van der Waals surface area (Å²) in [4.78, 5) is 15.8. The highest BCUT2D eigenvalue weighted by molar-refractivity contribution is 5.98. The number of rotatable bonds is 9. The van der Waals surface area contributed by atoms with Crippen molar-refractivity contribution >= 4 is 5.91 Å². The van der Waals surface area contributed by atoms with Gasteiger partial charge in [-0.15, -0.1) is 0 Å². The van der Waals surface area contributed by atoms with E-state index in [0.29, 0.717) is 29.3 Å². The maximum absolute atomic E-state index is 13.5. The maximum atomic E-state index is 13.5. The Morgan fingerprint density at radius 1 is 1.00 bits per heavy atom. The van der Waals surface area contributed by atoms with Crippen LogP contribution in [0.25, 0.3) is 11.5 Å². The van der Waals surface area contributed by atoms with Gasteiger partial charge in [0.05, 0.1) is 11.4 Å². The number of nitrogens with one attached hydrogen (secondary N) is 1. The Hall–Kier alpha value is -3.71. The second kappa shape index (κ2) is 11.6. The summed E-state index contributed by atoms with van der Waals surface area (Å²) < 4.78 is 17.1. The predicted octanol–water partition coefficient (Wildman–Crippen LogP) is 5.19. The Balaban J connectivity index is 1.17. The Bertz CT molecular complexity index is 1290. The highest BCUT2D eigenvalue weighted by atomic mass is 19.1. The van der Waals surface area contributed by atoms with E-state index in [1.807, 2.05) is 36.0 Å². The molecule has 2 aromatic carbocycles. The zero-order valence-corrected chi connectivity index (χ0v) is 21.3. The molecule has 7 heteroatoms. The number of aromatic nitrogens is 3. The summed E-state index contributed by atoms with van der Waals surface area (Å²) in [5.74, 6) is 0.947. The normalized spacial score (nSPS) is 14.6. The average molecular weight is 500 g/mol. The van der Waals surface area contributed by atoms with E-state index in [0.717, 1.165) is 32.0 Å². The van der Waals surface area contributed by atoms with Crippen molar-refractivity contribution in [1.82, 2.24) is 24.6 Å². The molecular formula is C30H34FN5O. The molecule has 0 atom stereocenters. The molecule has 3 heterocycles. The number of carbonyl (C=O) groups is 1. The van der Waals surface area contributed by atoms with Crippen molar-refractivity contribution in [3.8, 4) is 11.5 Å². The number of nitrogens with zero attached hydrogens (tertiary/aromatic N) is 4. The number of likely N-dealkylation sites (tertiary alicyclic amines) is 1. The fourth-order valence-electron chi connectivity index (χ4n) is 5.21. The summed E-state index contributed by atoms with van der Waals surface area (Å²) >= 11 is 0. The van der Waals surface area contributed by atoms with E-state index in [2.05, 4.69) is 45.6 Å². The molecule has 0 saturated carbocycles. The van der Waals surface area contributed by atoms with Crippen molar-refractivity contribution in [2.24, 2.45) is 5.92 Å². The van der Waals surface area contributed by atoms with E-state index in [1.54, 1.807) is 16.8 Å². The average Bonchev–Trinajstić information content (AvgIpc) is 3.56. The molecule has 5 rings (SSSR count). The number of benzene rings is 2. The summed E-state index contributed by atoms with van der Waals surface area (Å²) in [7, 11) is 0. The fourth-order valence-corrected chi connectivity index (χ4v) is 5.21. The van der Waals surface area contributed by atoms with Crippen LogP contribution in [0.15, 0.2) is 79.1 Å². The van der Waals surface area contributed by atoms with Crippen molar-refractivity contribution < 1.29 is 9.18 Å². The minimum atomic E-state index is -0.312. The molecule has 0 unspecified atom stereocenters. The van der Waals surface area contributed by atoms with Gasteiger partial charge in [0.1, 0.15) is 11.4 Å². The zero-order valence-electron chi connectivity index (χ0n) is 21.3. The molecule has 192 valence electrons. The molecule has 1 fully saturated rings. The Labute approximate surface area is 217 Å². The Morgan fingerprint density at radius 2 is 1.70 bits per heavy atom. The molecule has 1 aliphatic heterocycles. The first kappa shape index (κ1) is 25.0. The first-order chi connectivity index (χ1) is 18.1. The lowest BCUT2D eigenvalue weighted by Gasteiger charge is -2.32. The van der Waals surface area contributed by atoms with Gasteiger partial charge in [0.25, 0.3) is 5.91 Å². The second-order valence-corrected chi connectivity index (χ2v) is 9.85. The molecule has 37 heavy (non-hydrogen) atoms. The van der Waals surface area contributed by atoms with E-state index in [4.69, 9.17) is 0 Å². The molecule has 0 radical (unpaired) electrons. The van der Waals surface area contributed by atoms with Crippen LogP contribution in [0.2, 0.25) is 0 Å². The van der Waals surface area contributed by atoms with Crippen LogP contribution in [0.3, 0.4) is 0 Å². The maximum Gasteiger partial charge on any atom is 0.256 e. The van der Waals surface area contributed by atoms with Crippen LogP contribution in [0.5, 0.6) is 0 Å². The van der Waals surface area contributed by atoms with Crippen LogP contribution >= 0.6 is 0 Å². The minimum Gasteiger partial charge on any atom is -0.352 e. The number of hydrogen-bond acceptors (Lipinski definition) is 3. The molecule has 1 aliphatic rings. The monoisotopic (exact) mass is 499 g/mol. The van der Waals surface area contributed by atoms with Gasteiger partial charge in [0.15, 0.2) is 5.82 Å². The molecule has 4 aromatic rings. The third-order valence-corrected chi connectivity index (χ3v) is 7.19. The molecule has 0 aliphatic carbocycles. The van der Waals surface area contributed by atoms with Crippen LogP contribution in [0, 0.1) is 18.7 Å². The summed E-state index contributed by atoms with van der Waals surface area (Å²) in [5.41, 5.74) is 3.29. The zero-order chi connectivity index (χ0) is 25.6. The standard InChI is InChI=1S/C30H34FN5O/c1-23-28(30(35-18-5-6-19-35)36(33-23)27-12-10-26(31)11-13-27)29(37)32-16-7-17-34-20-14-25(15-21-34)22-24-8-3-2-4-9-24/h2-6,8-13,18-19,25H,7,14-17,20-22H2,1H3,(H,32,37). The quantitative estimate of drug-likeness (QED) is 0.323. The number of halogens is 1. The molecule has 1 amide bonds. The van der Waals surface area contributed by atoms with Gasteiger partial charge < -0.3 is 14.8 Å². The largest absolute Gasteiger partial charge is 0.352 e. The third kappa shape index (κ3) is 6.00. The van der Waals surface area contributed by atoms with Gasteiger partial charge >= 0.3 is 0 Å². The smallest absolute Gasteiger partial charge is 0.256 e. The number of aryl methyl sites for hydroxylation is 1.